The minimum absolute atomic E-state index is 0.175. The van der Waals surface area contributed by atoms with Crippen molar-refractivity contribution in [2.75, 3.05) is 12.3 Å². The molecule has 110 valence electrons. The Kier molecular flexibility index (Phi) is 5.06. The summed E-state index contributed by atoms with van der Waals surface area (Å²) in [6, 6.07) is 12.0. The second-order valence-corrected chi connectivity index (χ2v) is 4.86. The van der Waals surface area contributed by atoms with Crippen LogP contribution < -0.4 is 10.5 Å². The first-order valence-corrected chi connectivity index (χ1v) is 6.91. The molecule has 4 nitrogen and oxygen atoms in total. The normalized spacial score (nSPS) is 10.2. The van der Waals surface area contributed by atoms with E-state index >= 15 is 0 Å². The van der Waals surface area contributed by atoms with Crippen molar-refractivity contribution >= 4 is 23.3 Å². The molecule has 2 N–H and O–H groups in total. The summed E-state index contributed by atoms with van der Waals surface area (Å²) in [6.07, 6.45) is 0. The van der Waals surface area contributed by atoms with Crippen LogP contribution in [0.5, 0.6) is 5.75 Å². The molecule has 21 heavy (non-hydrogen) atoms. The van der Waals surface area contributed by atoms with E-state index < -0.39 is 5.97 Å². The lowest BCUT2D eigenvalue weighted by Crippen LogP contribution is -2.06. The molecule has 0 aliphatic heterocycles. The van der Waals surface area contributed by atoms with Crippen molar-refractivity contribution in [1.82, 2.24) is 0 Å². The Bertz CT molecular complexity index is 626. The maximum absolute atomic E-state index is 12.0. The molecule has 0 radical (unpaired) electrons. The van der Waals surface area contributed by atoms with Crippen LogP contribution >= 0.6 is 11.6 Å². The Labute approximate surface area is 128 Å². The molecular weight excluding hydrogens is 290 g/mol. The van der Waals surface area contributed by atoms with Crippen LogP contribution in [0.15, 0.2) is 42.5 Å². The number of rotatable bonds is 5. The molecule has 0 aromatic heterocycles. The highest BCUT2D eigenvalue weighted by Crippen LogP contribution is 2.20. The summed E-state index contributed by atoms with van der Waals surface area (Å²) in [5.74, 6) is 0.106. The van der Waals surface area contributed by atoms with Gasteiger partial charge in [0.25, 0.3) is 0 Å². The molecule has 0 saturated carbocycles. The predicted octanol–water partition coefficient (Wildman–Crippen LogP) is 3.68. The Hall–Kier alpha value is -2.20. The van der Waals surface area contributed by atoms with Gasteiger partial charge in [-0.05, 0) is 36.8 Å². The smallest absolute Gasteiger partial charge is 0.338 e. The second kappa shape index (κ2) is 6.99. The fraction of sp³-hybridized carbons (Fsp3) is 0.188. The number of nitrogen functional groups attached to an aromatic ring is 1. The van der Waals surface area contributed by atoms with Gasteiger partial charge in [-0.1, -0.05) is 23.7 Å². The molecule has 0 spiro atoms. The molecule has 0 aliphatic carbocycles. The van der Waals surface area contributed by atoms with E-state index in [0.29, 0.717) is 28.6 Å². The molecule has 0 bridgehead atoms. The first-order valence-electron chi connectivity index (χ1n) is 6.53. The third-order valence-corrected chi connectivity index (χ3v) is 3.01. The highest BCUT2D eigenvalue weighted by atomic mass is 35.5. The van der Waals surface area contributed by atoms with Crippen molar-refractivity contribution in [3.63, 3.8) is 0 Å². The number of ether oxygens (including phenoxy) is 2. The summed E-state index contributed by atoms with van der Waals surface area (Å²) in [7, 11) is 0. The Morgan fingerprint density at radius 3 is 2.57 bits per heavy atom. The van der Waals surface area contributed by atoms with E-state index in [2.05, 4.69) is 0 Å². The number of hydrogen-bond acceptors (Lipinski definition) is 4. The van der Waals surface area contributed by atoms with Crippen LogP contribution in [0.1, 0.15) is 22.8 Å². The van der Waals surface area contributed by atoms with Crippen LogP contribution in [-0.4, -0.2) is 12.6 Å². The third kappa shape index (κ3) is 4.39. The summed E-state index contributed by atoms with van der Waals surface area (Å²) in [6.45, 7) is 2.54. The van der Waals surface area contributed by atoms with Gasteiger partial charge in [0, 0.05) is 16.8 Å². The zero-order valence-corrected chi connectivity index (χ0v) is 12.4. The van der Waals surface area contributed by atoms with Crippen LogP contribution in [0.25, 0.3) is 0 Å². The van der Waals surface area contributed by atoms with Crippen molar-refractivity contribution in [3.05, 3.63) is 58.6 Å². The molecule has 0 heterocycles. The summed E-state index contributed by atoms with van der Waals surface area (Å²) < 4.78 is 10.6. The van der Waals surface area contributed by atoms with E-state index in [1.807, 2.05) is 6.92 Å². The number of esters is 1. The van der Waals surface area contributed by atoms with E-state index in [0.717, 1.165) is 5.56 Å². The fourth-order valence-corrected chi connectivity index (χ4v) is 1.93. The number of carbonyl (C=O) groups excluding carboxylic acids is 1. The molecule has 0 fully saturated rings. The summed E-state index contributed by atoms with van der Waals surface area (Å²) >= 11 is 5.80. The van der Waals surface area contributed by atoms with E-state index in [-0.39, 0.29) is 6.61 Å². The lowest BCUT2D eigenvalue weighted by Gasteiger charge is -2.09. The first kappa shape index (κ1) is 15.2. The number of hydrogen-bond donors (Lipinski definition) is 1. The zero-order chi connectivity index (χ0) is 15.2. The van der Waals surface area contributed by atoms with Gasteiger partial charge in [-0.2, -0.15) is 0 Å². The molecule has 2 aromatic carbocycles. The largest absolute Gasteiger partial charge is 0.494 e. The Balaban J connectivity index is 2.04. The Morgan fingerprint density at radius 1 is 1.19 bits per heavy atom. The molecule has 0 aliphatic rings. The highest BCUT2D eigenvalue weighted by molar-refractivity contribution is 6.30. The summed E-state index contributed by atoms with van der Waals surface area (Å²) in [5, 5.41) is 0.641. The van der Waals surface area contributed by atoms with Crippen LogP contribution in [0.3, 0.4) is 0 Å². The Morgan fingerprint density at radius 2 is 1.90 bits per heavy atom. The molecule has 0 unspecified atom stereocenters. The van der Waals surface area contributed by atoms with Crippen molar-refractivity contribution in [3.8, 4) is 5.75 Å². The molecular formula is C16H16ClNO3. The van der Waals surface area contributed by atoms with Gasteiger partial charge < -0.3 is 15.2 Å². The zero-order valence-electron chi connectivity index (χ0n) is 11.6. The molecule has 5 heteroatoms. The topological polar surface area (TPSA) is 61.5 Å². The van der Waals surface area contributed by atoms with Crippen LogP contribution in [0.4, 0.5) is 5.69 Å². The van der Waals surface area contributed by atoms with Gasteiger partial charge in [0.1, 0.15) is 12.4 Å². The fourth-order valence-electron chi connectivity index (χ4n) is 1.80. The average molecular weight is 306 g/mol. The van der Waals surface area contributed by atoms with Gasteiger partial charge in [0.2, 0.25) is 0 Å². The lowest BCUT2D eigenvalue weighted by atomic mass is 10.2. The van der Waals surface area contributed by atoms with Gasteiger partial charge in [0.05, 0.1) is 12.2 Å². The van der Waals surface area contributed by atoms with Crippen LogP contribution in [0, 0.1) is 0 Å². The minimum atomic E-state index is -0.446. The lowest BCUT2D eigenvalue weighted by molar-refractivity contribution is 0.0472. The van der Waals surface area contributed by atoms with E-state index in [1.54, 1.807) is 42.5 Å². The minimum Gasteiger partial charge on any atom is -0.494 e. The number of carbonyl (C=O) groups is 1. The van der Waals surface area contributed by atoms with Crippen molar-refractivity contribution in [1.29, 1.82) is 0 Å². The average Bonchev–Trinajstić information content (AvgIpc) is 2.46. The predicted molar refractivity (Wildman–Crippen MR) is 82.6 cm³/mol. The monoisotopic (exact) mass is 305 g/mol. The molecule has 0 amide bonds. The highest BCUT2D eigenvalue weighted by Gasteiger charge is 2.10. The second-order valence-electron chi connectivity index (χ2n) is 4.43. The number of halogens is 1. The molecule has 2 aromatic rings. The number of anilines is 1. The van der Waals surface area contributed by atoms with E-state index in [1.165, 1.54) is 0 Å². The van der Waals surface area contributed by atoms with Gasteiger partial charge >= 0.3 is 5.97 Å². The maximum atomic E-state index is 12.0. The summed E-state index contributed by atoms with van der Waals surface area (Å²) in [5.41, 5.74) is 7.44. The van der Waals surface area contributed by atoms with E-state index in [4.69, 9.17) is 26.8 Å². The van der Waals surface area contributed by atoms with Crippen molar-refractivity contribution in [2.45, 2.75) is 13.5 Å². The van der Waals surface area contributed by atoms with Crippen LogP contribution in [0.2, 0.25) is 5.02 Å². The molecule has 2 rings (SSSR count). The van der Waals surface area contributed by atoms with Gasteiger partial charge in [-0.25, -0.2) is 4.79 Å². The van der Waals surface area contributed by atoms with Gasteiger partial charge in [0.15, 0.2) is 0 Å². The number of benzene rings is 2. The SMILES string of the molecule is CCOc1cc(N)cc(C(=O)OCc2ccc(Cl)cc2)c1. The third-order valence-electron chi connectivity index (χ3n) is 2.76. The van der Waals surface area contributed by atoms with Crippen molar-refractivity contribution < 1.29 is 14.3 Å². The molecule has 0 atom stereocenters. The van der Waals surface area contributed by atoms with Gasteiger partial charge in [-0.3, -0.25) is 0 Å². The maximum Gasteiger partial charge on any atom is 0.338 e. The quantitative estimate of drug-likeness (QED) is 0.676. The van der Waals surface area contributed by atoms with Gasteiger partial charge in [-0.15, -0.1) is 0 Å². The van der Waals surface area contributed by atoms with E-state index in [9.17, 15) is 4.79 Å². The standard InChI is InChI=1S/C16H16ClNO3/c1-2-20-15-8-12(7-14(18)9-15)16(19)21-10-11-3-5-13(17)6-4-11/h3-9H,2,10,18H2,1H3. The summed E-state index contributed by atoms with van der Waals surface area (Å²) in [4.78, 5) is 12.0. The van der Waals surface area contributed by atoms with Crippen molar-refractivity contribution in [2.24, 2.45) is 0 Å². The first-order chi connectivity index (χ1) is 10.1. The number of nitrogens with two attached hydrogens (primary N) is 1. The van der Waals surface area contributed by atoms with Crippen LogP contribution in [-0.2, 0) is 11.3 Å². The molecule has 0 saturated heterocycles.